The molecule has 0 aromatic carbocycles. The van der Waals surface area contributed by atoms with Gasteiger partial charge in [0.05, 0.1) is 32.0 Å². The largest absolute Gasteiger partial charge is 0.394 e. The zero-order valence-corrected chi connectivity index (χ0v) is 45.6. The molecule has 2 aliphatic heterocycles. The highest BCUT2D eigenvalue weighted by atomic mass is 16.7. The minimum absolute atomic E-state index is 0.219. The zero-order chi connectivity index (χ0) is 53.9. The number of ether oxygens (including phenoxy) is 4. The summed E-state index contributed by atoms with van der Waals surface area (Å²) in [6, 6.07) is -0.829. The van der Waals surface area contributed by atoms with E-state index in [1.54, 1.807) is 0 Å². The summed E-state index contributed by atoms with van der Waals surface area (Å²) in [6.07, 6.45) is 43.8. The third-order valence-corrected chi connectivity index (χ3v) is 13.6. The Labute approximate surface area is 446 Å². The minimum Gasteiger partial charge on any atom is -0.394 e. The van der Waals surface area contributed by atoms with Crippen LogP contribution in [0.4, 0.5) is 0 Å². The molecule has 0 radical (unpaired) electrons. The van der Waals surface area contributed by atoms with Crippen molar-refractivity contribution in [3.8, 4) is 0 Å². The molecule has 1 amide bonds. The van der Waals surface area contributed by atoms with Crippen LogP contribution in [0.25, 0.3) is 0 Å². The van der Waals surface area contributed by atoms with E-state index in [1.165, 1.54) is 57.8 Å². The lowest BCUT2D eigenvalue weighted by molar-refractivity contribution is -0.359. The molecule has 14 nitrogen and oxygen atoms in total. The molecule has 14 heteroatoms. The third kappa shape index (κ3) is 30.8. The van der Waals surface area contributed by atoms with Crippen LogP contribution in [-0.4, -0.2) is 140 Å². The zero-order valence-electron chi connectivity index (χ0n) is 45.6. The highest BCUT2D eigenvalue weighted by Crippen LogP contribution is 2.30. The van der Waals surface area contributed by atoms with Crippen LogP contribution in [0, 0.1) is 0 Å². The number of amides is 1. The molecule has 0 aromatic heterocycles. The van der Waals surface area contributed by atoms with Gasteiger partial charge in [0.15, 0.2) is 12.6 Å². The summed E-state index contributed by atoms with van der Waals surface area (Å²) in [6.45, 7) is 2.62. The maximum atomic E-state index is 13.1. The van der Waals surface area contributed by atoms with E-state index < -0.39 is 86.8 Å². The Morgan fingerprint density at radius 3 is 1.43 bits per heavy atom. The van der Waals surface area contributed by atoms with Gasteiger partial charge >= 0.3 is 0 Å². The SMILES string of the molecule is CC/C=C\C/C=C\C/C=C\C/C=C\C/C=C\C/C=C\C/C=C\CCCCCCCCCCCCCCCC(=O)NC(COC1OC(CO)C(OC2OC(CO)C(O)C(O)C2O)C(O)C1O)C(O)CCCCCCC. The van der Waals surface area contributed by atoms with Crippen molar-refractivity contribution in [1.29, 1.82) is 0 Å². The van der Waals surface area contributed by atoms with Crippen LogP contribution in [0.1, 0.15) is 194 Å². The van der Waals surface area contributed by atoms with E-state index in [4.69, 9.17) is 18.9 Å². The van der Waals surface area contributed by atoms with Gasteiger partial charge in [0.25, 0.3) is 0 Å². The smallest absolute Gasteiger partial charge is 0.220 e. The van der Waals surface area contributed by atoms with Crippen molar-refractivity contribution in [3.05, 3.63) is 85.1 Å². The van der Waals surface area contributed by atoms with E-state index in [0.717, 1.165) is 109 Å². The van der Waals surface area contributed by atoms with Crippen molar-refractivity contribution >= 4 is 5.91 Å². The highest BCUT2D eigenvalue weighted by Gasteiger charge is 2.51. The third-order valence-electron chi connectivity index (χ3n) is 13.6. The second kappa shape index (κ2) is 45.2. The highest BCUT2D eigenvalue weighted by molar-refractivity contribution is 5.76. The molecule has 0 aromatic rings. The first kappa shape index (κ1) is 67.3. The fraction of sp³-hybridized carbons (Fsp3) is 0.750. The number of hydrogen-bond donors (Lipinski definition) is 9. The van der Waals surface area contributed by atoms with E-state index in [-0.39, 0.29) is 12.5 Å². The molecule has 0 spiro atoms. The van der Waals surface area contributed by atoms with Crippen LogP contribution in [0.2, 0.25) is 0 Å². The van der Waals surface area contributed by atoms with Crippen molar-refractivity contribution in [2.75, 3.05) is 19.8 Å². The van der Waals surface area contributed by atoms with E-state index >= 15 is 0 Å². The lowest BCUT2D eigenvalue weighted by Gasteiger charge is -2.46. The minimum atomic E-state index is -1.78. The molecular weight excluding hydrogens is 943 g/mol. The molecule has 2 rings (SSSR count). The molecule has 2 heterocycles. The quantitative estimate of drug-likeness (QED) is 0.0205. The van der Waals surface area contributed by atoms with Gasteiger partial charge < -0.3 is 65.1 Å². The summed E-state index contributed by atoms with van der Waals surface area (Å²) >= 11 is 0. The number of aliphatic hydroxyl groups is 8. The normalized spacial score (nSPS) is 25.9. The van der Waals surface area contributed by atoms with Crippen LogP contribution in [0.5, 0.6) is 0 Å². The van der Waals surface area contributed by atoms with Gasteiger partial charge in [-0.3, -0.25) is 4.79 Å². The second-order valence-corrected chi connectivity index (χ2v) is 20.0. The van der Waals surface area contributed by atoms with Crippen molar-refractivity contribution in [2.24, 2.45) is 0 Å². The van der Waals surface area contributed by atoms with Crippen molar-refractivity contribution < 1.29 is 64.6 Å². The molecule has 12 atom stereocenters. The van der Waals surface area contributed by atoms with Crippen molar-refractivity contribution in [2.45, 2.75) is 267 Å². The lowest BCUT2D eigenvalue weighted by Crippen LogP contribution is -2.65. The molecule has 0 saturated carbocycles. The first-order valence-electron chi connectivity index (χ1n) is 28.8. The molecule has 2 aliphatic rings. The predicted molar refractivity (Wildman–Crippen MR) is 295 cm³/mol. The van der Waals surface area contributed by atoms with Crippen molar-refractivity contribution in [3.63, 3.8) is 0 Å². The standard InChI is InChI=1S/C60H103NO13/c1-3-5-7-9-10-11-12-13-14-15-16-17-18-19-20-21-22-23-24-25-26-27-28-29-30-31-32-33-34-35-36-37-38-40-42-44-52(65)61-48(49(64)43-41-39-8-6-4-2)47-71-59-57(70)55(68)58(51(46-63)73-59)74-60-56(69)54(67)53(66)50(45-62)72-60/h5,7,10-11,13-14,16-17,19-20,22-23,25-26,48-51,53-60,62-64,66-70H,3-4,6,8-9,12,15,18,21,24,27-47H2,1-2H3,(H,61,65)/b7-5-,11-10-,14-13-,17-16-,20-19-,23-22-,26-25-. The van der Waals surface area contributed by atoms with Gasteiger partial charge in [-0.1, -0.05) is 202 Å². The number of unbranched alkanes of at least 4 members (excludes halogenated alkanes) is 17. The van der Waals surface area contributed by atoms with Crippen LogP contribution in [0.15, 0.2) is 85.1 Å². The number of allylic oxidation sites excluding steroid dienone is 14. The number of carbonyl (C=O) groups excluding carboxylic acids is 1. The van der Waals surface area contributed by atoms with Gasteiger partial charge in [0.2, 0.25) is 5.91 Å². The van der Waals surface area contributed by atoms with Gasteiger partial charge in [-0.2, -0.15) is 0 Å². The summed E-state index contributed by atoms with van der Waals surface area (Å²) in [5, 5.41) is 86.5. The monoisotopic (exact) mass is 1050 g/mol. The van der Waals surface area contributed by atoms with Gasteiger partial charge in [-0.25, -0.2) is 0 Å². The van der Waals surface area contributed by atoms with E-state index in [0.29, 0.717) is 12.8 Å². The maximum Gasteiger partial charge on any atom is 0.220 e. The molecule has 74 heavy (non-hydrogen) atoms. The van der Waals surface area contributed by atoms with Gasteiger partial charge in [0, 0.05) is 6.42 Å². The molecular formula is C60H103NO13. The molecule has 2 fully saturated rings. The van der Waals surface area contributed by atoms with Gasteiger partial charge in [0.1, 0.15) is 48.8 Å². The molecule has 12 unspecified atom stereocenters. The number of hydrogen-bond acceptors (Lipinski definition) is 13. The van der Waals surface area contributed by atoms with E-state index in [2.05, 4.69) is 104 Å². The Morgan fingerprint density at radius 1 is 0.500 bits per heavy atom. The van der Waals surface area contributed by atoms with Crippen LogP contribution >= 0.6 is 0 Å². The summed E-state index contributed by atoms with van der Waals surface area (Å²) in [5.74, 6) is -0.219. The number of rotatable bonds is 44. The first-order valence-corrected chi connectivity index (χ1v) is 28.8. The van der Waals surface area contributed by atoms with E-state index in [9.17, 15) is 45.6 Å². The second-order valence-electron chi connectivity index (χ2n) is 20.0. The lowest BCUT2D eigenvalue weighted by atomic mass is 9.97. The maximum absolute atomic E-state index is 13.1. The average Bonchev–Trinajstić information content (AvgIpc) is 3.40. The molecule has 9 N–H and O–H groups in total. The Morgan fingerprint density at radius 2 is 0.932 bits per heavy atom. The fourth-order valence-electron chi connectivity index (χ4n) is 8.98. The molecule has 426 valence electrons. The number of aliphatic hydroxyl groups excluding tert-OH is 8. The summed E-state index contributed by atoms with van der Waals surface area (Å²) in [5.41, 5.74) is 0. The fourth-order valence-corrected chi connectivity index (χ4v) is 8.98. The average molecular weight is 1050 g/mol. The molecule has 0 bridgehead atoms. The van der Waals surface area contributed by atoms with Crippen LogP contribution < -0.4 is 5.32 Å². The van der Waals surface area contributed by atoms with E-state index in [1.807, 2.05) is 0 Å². The first-order chi connectivity index (χ1) is 36.1. The summed E-state index contributed by atoms with van der Waals surface area (Å²) < 4.78 is 22.6. The Bertz CT molecular complexity index is 1560. The Kier molecular flexibility index (Phi) is 41.1. The topological polar surface area (TPSA) is 228 Å². The Balaban J connectivity index is 1.55. The van der Waals surface area contributed by atoms with Crippen molar-refractivity contribution in [1.82, 2.24) is 5.32 Å². The van der Waals surface area contributed by atoms with Crippen LogP contribution in [-0.2, 0) is 23.7 Å². The predicted octanol–water partition coefficient (Wildman–Crippen LogP) is 9.33. The Hall–Kier alpha value is -2.83. The molecule has 0 aliphatic carbocycles. The van der Waals surface area contributed by atoms with Gasteiger partial charge in [-0.05, 0) is 70.6 Å². The number of nitrogens with one attached hydrogen (secondary N) is 1. The molecule has 2 saturated heterocycles. The number of carbonyl (C=O) groups is 1. The summed E-state index contributed by atoms with van der Waals surface area (Å²) in [4.78, 5) is 13.1. The van der Waals surface area contributed by atoms with Gasteiger partial charge in [-0.15, -0.1) is 0 Å². The summed E-state index contributed by atoms with van der Waals surface area (Å²) in [7, 11) is 0. The van der Waals surface area contributed by atoms with Crippen LogP contribution in [0.3, 0.4) is 0 Å².